The quantitative estimate of drug-likeness (QED) is 0.720. The summed E-state index contributed by atoms with van der Waals surface area (Å²) >= 11 is 0. The molecular formula is C23H25N3O4. The fraction of sp³-hybridized carbons (Fsp3) is 0.348. The van der Waals surface area contributed by atoms with Crippen molar-refractivity contribution in [2.75, 3.05) is 13.2 Å². The molecule has 0 radical (unpaired) electrons. The van der Waals surface area contributed by atoms with Gasteiger partial charge in [-0.05, 0) is 31.4 Å². The highest BCUT2D eigenvalue weighted by atomic mass is 16.5. The minimum Gasteiger partial charge on any atom is -0.493 e. The number of rotatable bonds is 6. The van der Waals surface area contributed by atoms with E-state index in [2.05, 4.69) is 10.6 Å². The molecule has 4 rings (SSSR count). The van der Waals surface area contributed by atoms with Crippen LogP contribution >= 0.6 is 0 Å². The molecular weight excluding hydrogens is 382 g/mol. The van der Waals surface area contributed by atoms with E-state index in [-0.39, 0.29) is 18.5 Å². The second kappa shape index (κ2) is 8.18. The van der Waals surface area contributed by atoms with Crippen molar-refractivity contribution < 1.29 is 19.1 Å². The zero-order chi connectivity index (χ0) is 21.1. The van der Waals surface area contributed by atoms with E-state index < -0.39 is 17.5 Å². The van der Waals surface area contributed by atoms with Gasteiger partial charge in [-0.15, -0.1) is 0 Å². The summed E-state index contributed by atoms with van der Waals surface area (Å²) in [4.78, 5) is 39.3. The van der Waals surface area contributed by atoms with E-state index in [4.69, 9.17) is 4.74 Å². The number of nitrogens with zero attached hydrogens (tertiary/aromatic N) is 1. The van der Waals surface area contributed by atoms with Crippen LogP contribution in [0.15, 0.2) is 54.6 Å². The maximum atomic E-state index is 13.2. The first-order valence-corrected chi connectivity index (χ1v) is 10.2. The molecule has 0 bridgehead atoms. The van der Waals surface area contributed by atoms with Crippen molar-refractivity contribution in [3.63, 3.8) is 0 Å². The molecule has 2 atom stereocenters. The number of carbonyl (C=O) groups excluding carboxylic acids is 3. The average molecular weight is 407 g/mol. The highest BCUT2D eigenvalue weighted by Crippen LogP contribution is 2.40. The number of fused-ring (bicyclic) bond motifs is 2. The Labute approximate surface area is 175 Å². The summed E-state index contributed by atoms with van der Waals surface area (Å²) in [5.41, 5.74) is 0.673. The highest BCUT2D eigenvalue weighted by Gasteiger charge is 2.55. The van der Waals surface area contributed by atoms with Crippen molar-refractivity contribution >= 4 is 17.8 Å². The van der Waals surface area contributed by atoms with E-state index in [1.54, 1.807) is 18.2 Å². The van der Waals surface area contributed by atoms with Crippen LogP contribution in [0.4, 0.5) is 4.79 Å². The molecule has 2 aromatic carbocycles. The first-order chi connectivity index (χ1) is 14.5. The van der Waals surface area contributed by atoms with Crippen LogP contribution in [0.3, 0.4) is 0 Å². The minimum absolute atomic E-state index is 0.0729. The van der Waals surface area contributed by atoms with E-state index >= 15 is 0 Å². The second-order valence-corrected chi connectivity index (χ2v) is 7.81. The van der Waals surface area contributed by atoms with Gasteiger partial charge in [-0.25, -0.2) is 4.79 Å². The van der Waals surface area contributed by atoms with Crippen LogP contribution in [0.25, 0.3) is 0 Å². The summed E-state index contributed by atoms with van der Waals surface area (Å²) < 4.78 is 5.62. The van der Waals surface area contributed by atoms with Gasteiger partial charge in [0.05, 0.1) is 6.61 Å². The number of para-hydroxylation sites is 1. The molecule has 0 saturated carbocycles. The molecule has 1 fully saturated rings. The lowest BCUT2D eigenvalue weighted by molar-refractivity contribution is -0.136. The first kappa shape index (κ1) is 19.9. The van der Waals surface area contributed by atoms with Crippen LogP contribution in [0, 0.1) is 0 Å². The van der Waals surface area contributed by atoms with E-state index in [9.17, 15) is 14.4 Å². The number of aryl methyl sites for hydroxylation is 1. The summed E-state index contributed by atoms with van der Waals surface area (Å²) in [5, 5.41) is 5.70. The molecule has 2 N–H and O–H groups in total. The molecule has 0 aliphatic carbocycles. The number of hydrogen-bond acceptors (Lipinski definition) is 4. The summed E-state index contributed by atoms with van der Waals surface area (Å²) in [7, 11) is 0. The first-order valence-electron chi connectivity index (χ1n) is 10.2. The molecule has 0 unspecified atom stereocenters. The molecule has 0 aromatic heterocycles. The molecule has 7 heteroatoms. The molecule has 4 amide bonds. The Bertz CT molecular complexity index is 962. The van der Waals surface area contributed by atoms with Gasteiger partial charge in [0.1, 0.15) is 12.3 Å². The molecule has 156 valence electrons. The normalized spacial score (nSPS) is 21.0. The number of ether oxygens (including phenoxy) is 1. The third-order valence-corrected chi connectivity index (χ3v) is 5.68. The van der Waals surface area contributed by atoms with Crippen molar-refractivity contribution in [2.45, 2.75) is 37.8 Å². The molecule has 2 heterocycles. The van der Waals surface area contributed by atoms with Gasteiger partial charge in [0.25, 0.3) is 5.91 Å². The van der Waals surface area contributed by atoms with Crippen LogP contribution in [0.1, 0.15) is 30.9 Å². The Morgan fingerprint density at radius 3 is 2.70 bits per heavy atom. The van der Waals surface area contributed by atoms with Gasteiger partial charge in [-0.1, -0.05) is 48.5 Å². The van der Waals surface area contributed by atoms with Crippen LogP contribution in [0.5, 0.6) is 5.75 Å². The zero-order valence-corrected chi connectivity index (χ0v) is 16.9. The smallest absolute Gasteiger partial charge is 0.325 e. The van der Waals surface area contributed by atoms with E-state index in [1.165, 1.54) is 5.56 Å². The van der Waals surface area contributed by atoms with Crippen molar-refractivity contribution in [3.05, 3.63) is 65.7 Å². The number of amides is 4. The number of benzene rings is 2. The van der Waals surface area contributed by atoms with Gasteiger partial charge in [0.2, 0.25) is 5.91 Å². The lowest BCUT2D eigenvalue weighted by Gasteiger charge is -2.33. The molecule has 1 spiro atoms. The number of carbonyl (C=O) groups is 3. The van der Waals surface area contributed by atoms with Gasteiger partial charge in [0, 0.05) is 18.0 Å². The largest absolute Gasteiger partial charge is 0.493 e. The third-order valence-electron chi connectivity index (χ3n) is 5.68. The highest BCUT2D eigenvalue weighted by molar-refractivity contribution is 6.09. The van der Waals surface area contributed by atoms with Gasteiger partial charge in [0.15, 0.2) is 5.54 Å². The van der Waals surface area contributed by atoms with Crippen molar-refractivity contribution in [2.24, 2.45) is 0 Å². The maximum Gasteiger partial charge on any atom is 0.325 e. The van der Waals surface area contributed by atoms with Gasteiger partial charge < -0.3 is 15.4 Å². The summed E-state index contributed by atoms with van der Waals surface area (Å²) in [5.74, 6) is -0.176. The monoisotopic (exact) mass is 407 g/mol. The van der Waals surface area contributed by atoms with Gasteiger partial charge in [-0.3, -0.25) is 14.5 Å². The van der Waals surface area contributed by atoms with Gasteiger partial charge in [-0.2, -0.15) is 0 Å². The summed E-state index contributed by atoms with van der Waals surface area (Å²) in [6, 6.07) is 16.6. The second-order valence-electron chi connectivity index (χ2n) is 7.81. The van der Waals surface area contributed by atoms with Crippen molar-refractivity contribution in [1.82, 2.24) is 15.5 Å². The minimum atomic E-state index is -1.16. The SMILES string of the molecule is C[C@@H](CCc1ccccc1)NC(=O)CN1C(=O)N[C@@]2(CCOc3ccccc32)C1=O. The van der Waals surface area contributed by atoms with Crippen LogP contribution < -0.4 is 15.4 Å². The maximum absolute atomic E-state index is 13.2. The standard InChI is InChI=1S/C23H25N3O4/c1-16(11-12-17-7-3-2-4-8-17)24-20(27)15-26-21(28)23(25-22(26)29)13-14-30-19-10-6-5-9-18(19)23/h2-10,16H,11-15H2,1H3,(H,24,27)(H,25,29)/t16-,23+/m0/s1. The number of nitrogens with one attached hydrogen (secondary N) is 2. The predicted molar refractivity (Wildman–Crippen MR) is 111 cm³/mol. The topological polar surface area (TPSA) is 87.7 Å². The fourth-order valence-electron chi connectivity index (χ4n) is 4.08. The summed E-state index contributed by atoms with van der Waals surface area (Å²) in [6.07, 6.45) is 1.94. The lowest BCUT2D eigenvalue weighted by Crippen LogP contribution is -2.48. The lowest BCUT2D eigenvalue weighted by atomic mass is 9.84. The Kier molecular flexibility index (Phi) is 5.44. The number of imide groups is 1. The fourth-order valence-corrected chi connectivity index (χ4v) is 4.08. The Hall–Kier alpha value is -3.35. The molecule has 2 aromatic rings. The van der Waals surface area contributed by atoms with E-state index in [1.807, 2.05) is 43.3 Å². The predicted octanol–water partition coefficient (Wildman–Crippen LogP) is 2.35. The molecule has 2 aliphatic heterocycles. The van der Waals surface area contributed by atoms with E-state index in [0.717, 1.165) is 17.7 Å². The molecule has 7 nitrogen and oxygen atoms in total. The Balaban J connectivity index is 1.39. The van der Waals surface area contributed by atoms with Crippen LogP contribution in [0.2, 0.25) is 0 Å². The molecule has 2 aliphatic rings. The van der Waals surface area contributed by atoms with Crippen molar-refractivity contribution in [3.8, 4) is 5.75 Å². The van der Waals surface area contributed by atoms with Crippen molar-refractivity contribution in [1.29, 1.82) is 0 Å². The van der Waals surface area contributed by atoms with Gasteiger partial charge >= 0.3 is 6.03 Å². The third kappa shape index (κ3) is 3.75. The van der Waals surface area contributed by atoms with E-state index in [0.29, 0.717) is 24.3 Å². The summed E-state index contributed by atoms with van der Waals surface area (Å²) in [6.45, 7) is 1.94. The number of hydrogen-bond donors (Lipinski definition) is 2. The molecule has 1 saturated heterocycles. The average Bonchev–Trinajstić information content (AvgIpc) is 2.98. The zero-order valence-electron chi connectivity index (χ0n) is 16.9. The number of urea groups is 1. The Morgan fingerprint density at radius 1 is 1.17 bits per heavy atom. The Morgan fingerprint density at radius 2 is 1.90 bits per heavy atom. The molecule has 30 heavy (non-hydrogen) atoms. The van der Waals surface area contributed by atoms with Crippen LogP contribution in [-0.2, 0) is 21.5 Å². The van der Waals surface area contributed by atoms with Crippen LogP contribution in [-0.4, -0.2) is 41.9 Å².